The minimum atomic E-state index is 0.620. The third-order valence-electron chi connectivity index (χ3n) is 10.9. The molecule has 3 heterocycles. The van der Waals surface area contributed by atoms with Gasteiger partial charge < -0.3 is 14.3 Å². The number of aromatic nitrogens is 2. The van der Waals surface area contributed by atoms with Crippen molar-refractivity contribution in [1.29, 1.82) is 0 Å². The Labute approximate surface area is 319 Å². The Kier molecular flexibility index (Phi) is 7.14. The lowest BCUT2D eigenvalue weighted by Gasteiger charge is -2.25. The molecule has 1 N–H and O–H groups in total. The van der Waals surface area contributed by atoms with Crippen LogP contribution in [-0.2, 0) is 0 Å². The highest BCUT2D eigenvalue weighted by molar-refractivity contribution is 6.74. The third-order valence-corrected chi connectivity index (χ3v) is 10.9. The molecule has 55 heavy (non-hydrogen) atoms. The number of fused-ring (bicyclic) bond motifs is 6. The Morgan fingerprint density at radius 2 is 1.25 bits per heavy atom. The van der Waals surface area contributed by atoms with Gasteiger partial charge in [0.05, 0.1) is 5.52 Å². The summed E-state index contributed by atoms with van der Waals surface area (Å²) in [5.74, 6) is 0.620. The molecule has 0 unspecified atom stereocenters. The maximum atomic E-state index is 6.44. The Bertz CT molecular complexity index is 3090. The molecule has 10 aromatic rings. The summed E-state index contributed by atoms with van der Waals surface area (Å²) in [5, 5.41) is 6.21. The molecule has 5 heteroatoms. The van der Waals surface area contributed by atoms with E-state index in [0.29, 0.717) is 5.89 Å². The molecule has 4 nitrogen and oxygen atoms in total. The molecule has 1 radical (unpaired) electrons. The molecule has 0 spiro atoms. The van der Waals surface area contributed by atoms with E-state index in [2.05, 4.69) is 170 Å². The van der Waals surface area contributed by atoms with E-state index in [-0.39, 0.29) is 0 Å². The third kappa shape index (κ3) is 5.12. The smallest absolute Gasteiger partial charge is 0.227 e. The van der Waals surface area contributed by atoms with Gasteiger partial charge in [-0.15, -0.1) is 0 Å². The van der Waals surface area contributed by atoms with Gasteiger partial charge >= 0.3 is 0 Å². The van der Waals surface area contributed by atoms with Crippen molar-refractivity contribution in [2.75, 3.05) is 5.32 Å². The van der Waals surface area contributed by atoms with Gasteiger partial charge in [0.25, 0.3) is 0 Å². The number of para-hydroxylation sites is 2. The summed E-state index contributed by atoms with van der Waals surface area (Å²) in [6.07, 6.45) is 0. The van der Waals surface area contributed by atoms with Crippen molar-refractivity contribution in [2.45, 2.75) is 6.92 Å². The zero-order chi connectivity index (χ0) is 36.5. The van der Waals surface area contributed by atoms with Crippen LogP contribution in [0.25, 0.3) is 83.4 Å². The van der Waals surface area contributed by atoms with Gasteiger partial charge in [-0.2, -0.15) is 0 Å². The van der Waals surface area contributed by atoms with Gasteiger partial charge in [0, 0.05) is 44.5 Å². The Morgan fingerprint density at radius 3 is 2.05 bits per heavy atom. The summed E-state index contributed by atoms with van der Waals surface area (Å²) in [6.45, 7) is 2.12. The molecule has 0 atom stereocenters. The number of aryl methyl sites for hydroxylation is 1. The largest absolute Gasteiger partial charge is 0.436 e. The molecule has 0 saturated heterocycles. The summed E-state index contributed by atoms with van der Waals surface area (Å²) in [4.78, 5) is 5.01. The van der Waals surface area contributed by atoms with Crippen LogP contribution in [0, 0.1) is 6.92 Å². The van der Waals surface area contributed by atoms with E-state index in [1.165, 1.54) is 49.6 Å². The zero-order valence-electron chi connectivity index (χ0n) is 30.1. The molecule has 0 fully saturated rings. The van der Waals surface area contributed by atoms with E-state index in [4.69, 9.17) is 9.40 Å². The van der Waals surface area contributed by atoms with Gasteiger partial charge in [-0.1, -0.05) is 132 Å². The number of rotatable bonds is 6. The van der Waals surface area contributed by atoms with E-state index in [9.17, 15) is 0 Å². The van der Waals surface area contributed by atoms with E-state index < -0.39 is 0 Å². The van der Waals surface area contributed by atoms with Gasteiger partial charge in [0.1, 0.15) is 5.52 Å². The average Bonchev–Trinajstić information content (AvgIpc) is 3.82. The molecule has 0 amide bonds. The second-order valence-electron chi connectivity index (χ2n) is 14.3. The van der Waals surface area contributed by atoms with Crippen molar-refractivity contribution in [3.63, 3.8) is 0 Å². The number of hydrogen-bond acceptors (Lipinski definition) is 3. The first-order valence-electron chi connectivity index (χ1n) is 18.7. The number of nitrogens with one attached hydrogen (secondary N) is 1. The monoisotopic (exact) mass is 702 g/mol. The van der Waals surface area contributed by atoms with Crippen LogP contribution in [0.1, 0.15) is 5.56 Å². The lowest BCUT2D eigenvalue weighted by Crippen LogP contribution is -2.37. The fourth-order valence-electron chi connectivity index (χ4n) is 8.38. The van der Waals surface area contributed by atoms with Crippen molar-refractivity contribution >= 4 is 62.5 Å². The molecule has 0 saturated carbocycles. The lowest BCUT2D eigenvalue weighted by molar-refractivity contribution is 0.620. The van der Waals surface area contributed by atoms with Crippen LogP contribution in [0.2, 0.25) is 0 Å². The van der Waals surface area contributed by atoms with Crippen LogP contribution in [-0.4, -0.2) is 16.8 Å². The van der Waals surface area contributed by atoms with Crippen molar-refractivity contribution in [3.8, 4) is 50.5 Å². The normalized spacial score (nSPS) is 11.9. The van der Waals surface area contributed by atoms with Crippen molar-refractivity contribution < 1.29 is 4.42 Å². The molecule has 11 rings (SSSR count). The Balaban J connectivity index is 1.23. The first-order valence-corrected chi connectivity index (χ1v) is 18.7. The standard InChI is InChI=1S/C50H33BN3O/c1-31-24-26-34(27-25-31)52-42-22-12-10-20-37(42)40-28-39(36-19-9-8-18-35(36)32-14-4-2-5-15-32)47-38-21-11-13-23-44(38)54-45-30-43-46(29-41(45)51-48(40)49(47)54)55-50(53-43)33-16-6-3-7-17-33/h2-30,52H,1H3. The first kappa shape index (κ1) is 31.4. The summed E-state index contributed by atoms with van der Waals surface area (Å²) in [7, 11) is 2.35. The van der Waals surface area contributed by atoms with Crippen molar-refractivity contribution in [3.05, 3.63) is 181 Å². The molecular formula is C50H33BN3O. The van der Waals surface area contributed by atoms with Crippen molar-refractivity contribution in [1.82, 2.24) is 9.55 Å². The fourth-order valence-corrected chi connectivity index (χ4v) is 8.38. The molecule has 2 aromatic heterocycles. The quantitative estimate of drug-likeness (QED) is 0.175. The zero-order valence-corrected chi connectivity index (χ0v) is 30.1. The van der Waals surface area contributed by atoms with E-state index in [0.717, 1.165) is 55.8 Å². The number of anilines is 2. The maximum Gasteiger partial charge on any atom is 0.227 e. The summed E-state index contributed by atoms with van der Waals surface area (Å²) in [6, 6.07) is 62.5. The molecule has 0 aliphatic carbocycles. The average molecular weight is 703 g/mol. The topological polar surface area (TPSA) is 43.0 Å². The number of hydrogen-bond donors (Lipinski definition) is 1. The fraction of sp³-hybridized carbons (Fsp3) is 0.0200. The molecule has 0 bridgehead atoms. The van der Waals surface area contributed by atoms with E-state index in [1.54, 1.807) is 0 Å². The maximum absolute atomic E-state index is 6.44. The Morgan fingerprint density at radius 1 is 0.582 bits per heavy atom. The number of benzene rings is 8. The van der Waals surface area contributed by atoms with Crippen LogP contribution in [0.15, 0.2) is 180 Å². The van der Waals surface area contributed by atoms with Crippen molar-refractivity contribution in [2.24, 2.45) is 0 Å². The molecule has 257 valence electrons. The highest BCUT2D eigenvalue weighted by atomic mass is 16.3. The second-order valence-corrected chi connectivity index (χ2v) is 14.3. The lowest BCUT2D eigenvalue weighted by atomic mass is 9.58. The van der Waals surface area contributed by atoms with Crippen LogP contribution < -0.4 is 16.2 Å². The molecule has 1 aliphatic rings. The predicted octanol–water partition coefficient (Wildman–Crippen LogP) is 11.6. The summed E-state index contributed by atoms with van der Waals surface area (Å²) >= 11 is 0. The predicted molar refractivity (Wildman–Crippen MR) is 230 cm³/mol. The summed E-state index contributed by atoms with van der Waals surface area (Å²) in [5.41, 5.74) is 18.6. The van der Waals surface area contributed by atoms with Gasteiger partial charge in [-0.3, -0.25) is 0 Å². The highest BCUT2D eigenvalue weighted by Gasteiger charge is 2.30. The van der Waals surface area contributed by atoms with Gasteiger partial charge in [0.15, 0.2) is 12.9 Å². The molecule has 1 aliphatic heterocycles. The SMILES string of the molecule is Cc1ccc(Nc2ccccc2-c2cc(-c3ccccc3-c3ccccc3)c3c4ccccc4n4c3c2[B]c2cc3oc(-c5ccccc5)nc3cc2-4)cc1. The van der Waals surface area contributed by atoms with Gasteiger partial charge in [-0.25, -0.2) is 4.98 Å². The van der Waals surface area contributed by atoms with Crippen LogP contribution in [0.3, 0.4) is 0 Å². The highest BCUT2D eigenvalue weighted by Crippen LogP contribution is 2.45. The second kappa shape index (κ2) is 12.5. The van der Waals surface area contributed by atoms with Gasteiger partial charge in [-0.05, 0) is 94.8 Å². The first-order chi connectivity index (χ1) is 27.2. The molecule has 8 aromatic carbocycles. The molecular weight excluding hydrogens is 669 g/mol. The minimum Gasteiger partial charge on any atom is -0.436 e. The van der Waals surface area contributed by atoms with E-state index in [1.807, 2.05) is 30.3 Å². The van der Waals surface area contributed by atoms with Gasteiger partial charge in [0.2, 0.25) is 5.89 Å². The van der Waals surface area contributed by atoms with E-state index >= 15 is 0 Å². The number of nitrogens with zero attached hydrogens (tertiary/aromatic N) is 2. The van der Waals surface area contributed by atoms with Crippen LogP contribution >= 0.6 is 0 Å². The number of oxazole rings is 1. The Hall–Kier alpha value is -7.11. The summed E-state index contributed by atoms with van der Waals surface area (Å²) < 4.78 is 8.90. The van der Waals surface area contributed by atoms with Crippen LogP contribution in [0.5, 0.6) is 0 Å². The van der Waals surface area contributed by atoms with Crippen LogP contribution in [0.4, 0.5) is 11.4 Å². The minimum absolute atomic E-state index is 0.620.